The summed E-state index contributed by atoms with van der Waals surface area (Å²) in [5, 5.41) is 0. The van der Waals surface area contributed by atoms with Crippen molar-refractivity contribution in [2.24, 2.45) is 5.92 Å². The second-order valence-electron chi connectivity index (χ2n) is 10.0. The predicted molar refractivity (Wildman–Crippen MR) is 146 cm³/mol. The van der Waals surface area contributed by atoms with Crippen LogP contribution in [0.2, 0.25) is 0 Å². The molecule has 6 heteroatoms. The highest BCUT2D eigenvalue weighted by Gasteiger charge is 2.22. The van der Waals surface area contributed by atoms with E-state index in [0.29, 0.717) is 32.1 Å². The monoisotopic (exact) mass is 509 g/mol. The second kappa shape index (κ2) is 12.6. The van der Waals surface area contributed by atoms with Gasteiger partial charge in [-0.25, -0.2) is 13.1 Å². The zero-order valence-electron chi connectivity index (χ0n) is 21.6. The van der Waals surface area contributed by atoms with Crippen LogP contribution in [0.3, 0.4) is 0 Å². The number of benzene rings is 2. The molecular weight excluding hydrogens is 470 g/mol. The molecule has 2 aromatic carbocycles. The lowest BCUT2D eigenvalue weighted by Gasteiger charge is -2.16. The number of sulfonamides is 1. The molecular formula is C30H39NO4S. The van der Waals surface area contributed by atoms with E-state index in [4.69, 9.17) is 9.47 Å². The Kier molecular flexibility index (Phi) is 9.27. The number of allylic oxidation sites excluding steroid dienone is 3. The zero-order chi connectivity index (χ0) is 25.4. The largest absolute Gasteiger partial charge is 0.494 e. The van der Waals surface area contributed by atoms with Crippen LogP contribution in [0, 0.1) is 19.8 Å². The third-order valence-electron chi connectivity index (χ3n) is 6.93. The maximum Gasteiger partial charge on any atom is 0.211 e. The zero-order valence-corrected chi connectivity index (χ0v) is 22.4. The molecule has 0 unspecified atom stereocenters. The third-order valence-corrected chi connectivity index (χ3v) is 8.48. The summed E-state index contributed by atoms with van der Waals surface area (Å²) in [6.45, 7) is 5.64. The Balaban J connectivity index is 1.29. The van der Waals surface area contributed by atoms with E-state index in [-0.39, 0.29) is 5.75 Å². The summed E-state index contributed by atoms with van der Waals surface area (Å²) in [4.78, 5) is 0. The predicted octanol–water partition coefficient (Wildman–Crippen LogP) is 6.60. The summed E-state index contributed by atoms with van der Waals surface area (Å²) in [6.07, 6.45) is 13.5. The van der Waals surface area contributed by atoms with Gasteiger partial charge in [0.25, 0.3) is 0 Å². The van der Waals surface area contributed by atoms with E-state index in [9.17, 15) is 8.42 Å². The first kappa shape index (κ1) is 26.5. The standard InChI is InChI=1S/C30H39NO4S/c1-23-18-29(34-17-9-16-31-36(32,33)22-25-10-6-7-11-25)19-24(2)30(23)27-13-8-12-26(20-27)21-35-28-14-4-3-5-15-28/h4,8,12-15,18-20,25,31H,3,5-7,9-11,16-17,21-22H2,1-2H3. The van der Waals surface area contributed by atoms with Crippen molar-refractivity contribution >= 4 is 10.0 Å². The Bertz CT molecular complexity index is 1170. The van der Waals surface area contributed by atoms with Gasteiger partial charge >= 0.3 is 0 Å². The highest BCUT2D eigenvalue weighted by atomic mass is 32.2. The molecule has 1 N–H and O–H groups in total. The molecule has 0 radical (unpaired) electrons. The molecule has 4 rings (SSSR count). The molecule has 0 spiro atoms. The Labute approximate surface area is 216 Å². The number of rotatable bonds is 12. The third kappa shape index (κ3) is 7.71. The average Bonchev–Trinajstić information content (AvgIpc) is 3.35. The highest BCUT2D eigenvalue weighted by Crippen LogP contribution is 2.32. The van der Waals surface area contributed by atoms with Gasteiger partial charge in [-0.15, -0.1) is 0 Å². The van der Waals surface area contributed by atoms with Gasteiger partial charge < -0.3 is 9.47 Å². The van der Waals surface area contributed by atoms with Gasteiger partial charge in [-0.1, -0.05) is 37.1 Å². The van der Waals surface area contributed by atoms with Crippen molar-refractivity contribution < 1.29 is 17.9 Å². The SMILES string of the molecule is Cc1cc(OCCCNS(=O)(=O)CC2CCCC2)cc(C)c1-c1cccc(COC2=CCCC=C2)c1. The fourth-order valence-corrected chi connectivity index (χ4v) is 6.71. The van der Waals surface area contributed by atoms with Crippen LogP contribution in [0.15, 0.2) is 60.4 Å². The Morgan fingerprint density at radius 2 is 1.78 bits per heavy atom. The van der Waals surface area contributed by atoms with E-state index >= 15 is 0 Å². The van der Waals surface area contributed by atoms with Crippen molar-refractivity contribution in [2.75, 3.05) is 18.9 Å². The number of aryl methyl sites for hydroxylation is 2. The number of nitrogens with one attached hydrogen (secondary N) is 1. The van der Waals surface area contributed by atoms with Crippen LogP contribution in [0.5, 0.6) is 5.75 Å². The molecule has 2 aromatic rings. The summed E-state index contributed by atoms with van der Waals surface area (Å²) in [6, 6.07) is 12.6. The minimum atomic E-state index is -3.20. The summed E-state index contributed by atoms with van der Waals surface area (Å²) >= 11 is 0. The molecule has 194 valence electrons. The molecule has 1 saturated carbocycles. The van der Waals surface area contributed by atoms with Crippen molar-refractivity contribution in [1.82, 2.24) is 4.72 Å². The van der Waals surface area contributed by atoms with E-state index in [2.05, 4.69) is 67.1 Å². The molecule has 0 amide bonds. The molecule has 1 fully saturated rings. The minimum Gasteiger partial charge on any atom is -0.494 e. The van der Waals surface area contributed by atoms with Gasteiger partial charge in [0.2, 0.25) is 10.0 Å². The molecule has 0 saturated heterocycles. The van der Waals surface area contributed by atoms with Gasteiger partial charge in [0.05, 0.1) is 12.4 Å². The fraction of sp³-hybridized carbons (Fsp3) is 0.467. The summed E-state index contributed by atoms with van der Waals surface area (Å²) in [5.74, 6) is 2.35. The molecule has 36 heavy (non-hydrogen) atoms. The Hall–Kier alpha value is -2.57. The van der Waals surface area contributed by atoms with Gasteiger partial charge in [-0.05, 0) is 110 Å². The second-order valence-corrected chi connectivity index (χ2v) is 11.9. The molecule has 0 atom stereocenters. The van der Waals surface area contributed by atoms with Crippen LogP contribution in [0.25, 0.3) is 11.1 Å². The molecule has 0 aliphatic heterocycles. The van der Waals surface area contributed by atoms with E-state index in [1.807, 2.05) is 6.08 Å². The van der Waals surface area contributed by atoms with Gasteiger partial charge in [0, 0.05) is 6.54 Å². The lowest BCUT2D eigenvalue weighted by atomic mass is 9.94. The molecule has 0 bridgehead atoms. The first-order valence-corrected chi connectivity index (χ1v) is 14.8. The normalized spacial score (nSPS) is 16.2. The number of ether oxygens (including phenoxy) is 2. The fourth-order valence-electron chi connectivity index (χ4n) is 5.18. The van der Waals surface area contributed by atoms with Gasteiger partial charge in [-0.3, -0.25) is 0 Å². The van der Waals surface area contributed by atoms with Crippen molar-refractivity contribution in [3.8, 4) is 16.9 Å². The van der Waals surface area contributed by atoms with Crippen molar-refractivity contribution in [3.63, 3.8) is 0 Å². The van der Waals surface area contributed by atoms with Gasteiger partial charge in [0.15, 0.2) is 0 Å². The summed E-state index contributed by atoms with van der Waals surface area (Å²) in [5.41, 5.74) is 5.82. The average molecular weight is 510 g/mol. The van der Waals surface area contributed by atoms with Crippen LogP contribution in [-0.2, 0) is 21.4 Å². The summed E-state index contributed by atoms with van der Waals surface area (Å²) in [7, 11) is -3.20. The first-order valence-electron chi connectivity index (χ1n) is 13.2. The minimum absolute atomic E-state index is 0.260. The topological polar surface area (TPSA) is 64.6 Å². The number of hydrogen-bond acceptors (Lipinski definition) is 4. The van der Waals surface area contributed by atoms with E-state index in [0.717, 1.165) is 66.7 Å². The molecule has 2 aliphatic rings. The maximum atomic E-state index is 12.3. The van der Waals surface area contributed by atoms with Gasteiger partial charge in [0.1, 0.15) is 18.1 Å². The van der Waals surface area contributed by atoms with Crippen molar-refractivity contribution in [3.05, 3.63) is 77.1 Å². The van der Waals surface area contributed by atoms with Gasteiger partial charge in [-0.2, -0.15) is 0 Å². The Morgan fingerprint density at radius 1 is 1.00 bits per heavy atom. The van der Waals surface area contributed by atoms with E-state index in [1.54, 1.807) is 0 Å². The van der Waals surface area contributed by atoms with Crippen LogP contribution in [0.4, 0.5) is 0 Å². The van der Waals surface area contributed by atoms with Crippen LogP contribution in [0.1, 0.15) is 61.6 Å². The lowest BCUT2D eigenvalue weighted by Crippen LogP contribution is -2.30. The van der Waals surface area contributed by atoms with Crippen LogP contribution < -0.4 is 9.46 Å². The lowest BCUT2D eigenvalue weighted by molar-refractivity contribution is 0.209. The van der Waals surface area contributed by atoms with Crippen molar-refractivity contribution in [1.29, 1.82) is 0 Å². The first-order chi connectivity index (χ1) is 17.4. The van der Waals surface area contributed by atoms with Crippen LogP contribution in [-0.4, -0.2) is 27.3 Å². The quantitative estimate of drug-likeness (QED) is 0.328. The summed E-state index contributed by atoms with van der Waals surface area (Å²) < 4.78 is 39.2. The smallest absolute Gasteiger partial charge is 0.211 e. The maximum absolute atomic E-state index is 12.3. The molecule has 0 aromatic heterocycles. The van der Waals surface area contributed by atoms with Crippen molar-refractivity contribution in [2.45, 2.75) is 65.4 Å². The number of hydrogen-bond donors (Lipinski definition) is 1. The Morgan fingerprint density at radius 3 is 2.50 bits per heavy atom. The highest BCUT2D eigenvalue weighted by molar-refractivity contribution is 7.89. The molecule has 5 nitrogen and oxygen atoms in total. The van der Waals surface area contributed by atoms with Crippen LogP contribution >= 0.6 is 0 Å². The molecule has 2 aliphatic carbocycles. The van der Waals surface area contributed by atoms with E-state index < -0.39 is 10.0 Å². The van der Waals surface area contributed by atoms with E-state index in [1.165, 1.54) is 11.1 Å². The molecule has 0 heterocycles.